The Hall–Kier alpha value is -1.89. The summed E-state index contributed by atoms with van der Waals surface area (Å²) in [6.07, 6.45) is 4.34. The van der Waals surface area contributed by atoms with Gasteiger partial charge >= 0.3 is 0 Å². The van der Waals surface area contributed by atoms with Crippen molar-refractivity contribution >= 4 is 22.8 Å². The van der Waals surface area contributed by atoms with Gasteiger partial charge in [-0.25, -0.2) is 0 Å². The highest BCUT2D eigenvalue weighted by atomic mass is 16.5. The standard InChI is InChI=1S/C12H18N6O/c1-18(4-5-19-7-8-2-3-8)11-9-6-14-17-10(9)15-12(13)16-11/h6,8H,2-5,7H2,1H3,(H3,13,14,15,16,17). The van der Waals surface area contributed by atoms with Gasteiger partial charge in [-0.15, -0.1) is 0 Å². The molecule has 1 aliphatic carbocycles. The predicted molar refractivity (Wildman–Crippen MR) is 72.9 cm³/mol. The summed E-state index contributed by atoms with van der Waals surface area (Å²) in [5.74, 6) is 1.82. The Kier molecular flexibility index (Phi) is 3.20. The lowest BCUT2D eigenvalue weighted by atomic mass is 10.3. The molecule has 0 radical (unpaired) electrons. The molecule has 0 aliphatic heterocycles. The molecule has 1 fully saturated rings. The van der Waals surface area contributed by atoms with E-state index in [4.69, 9.17) is 10.5 Å². The molecule has 0 unspecified atom stereocenters. The van der Waals surface area contributed by atoms with E-state index >= 15 is 0 Å². The number of hydrogen-bond acceptors (Lipinski definition) is 6. The van der Waals surface area contributed by atoms with Crippen molar-refractivity contribution in [2.24, 2.45) is 5.92 Å². The monoisotopic (exact) mass is 262 g/mol. The van der Waals surface area contributed by atoms with Gasteiger partial charge in [0.1, 0.15) is 5.82 Å². The van der Waals surface area contributed by atoms with Crippen LogP contribution in [0.2, 0.25) is 0 Å². The molecule has 0 bridgehead atoms. The molecule has 0 amide bonds. The van der Waals surface area contributed by atoms with Gasteiger partial charge in [0.2, 0.25) is 5.95 Å². The number of nitrogens with two attached hydrogens (primary N) is 1. The van der Waals surface area contributed by atoms with Crippen molar-refractivity contribution in [3.63, 3.8) is 0 Å². The fourth-order valence-corrected chi connectivity index (χ4v) is 1.97. The van der Waals surface area contributed by atoms with Crippen molar-refractivity contribution in [1.82, 2.24) is 20.2 Å². The number of nitrogens with zero attached hydrogens (tertiary/aromatic N) is 4. The van der Waals surface area contributed by atoms with Crippen LogP contribution in [0.3, 0.4) is 0 Å². The molecule has 1 saturated carbocycles. The topological polar surface area (TPSA) is 93.0 Å². The average molecular weight is 262 g/mol. The molecule has 2 aromatic rings. The number of hydrogen-bond donors (Lipinski definition) is 2. The van der Waals surface area contributed by atoms with Crippen LogP contribution in [0.4, 0.5) is 11.8 Å². The fraction of sp³-hybridized carbons (Fsp3) is 0.583. The minimum absolute atomic E-state index is 0.248. The van der Waals surface area contributed by atoms with Gasteiger partial charge in [-0.2, -0.15) is 15.1 Å². The van der Waals surface area contributed by atoms with Crippen LogP contribution in [0.1, 0.15) is 12.8 Å². The van der Waals surface area contributed by atoms with Crippen molar-refractivity contribution < 1.29 is 4.74 Å². The Morgan fingerprint density at radius 1 is 1.47 bits per heavy atom. The number of anilines is 2. The van der Waals surface area contributed by atoms with Crippen LogP contribution in [0, 0.1) is 5.92 Å². The first kappa shape index (κ1) is 12.2. The van der Waals surface area contributed by atoms with Crippen LogP contribution in [-0.4, -0.2) is 47.0 Å². The second-order valence-electron chi connectivity index (χ2n) is 4.98. The quantitative estimate of drug-likeness (QED) is 0.748. The van der Waals surface area contributed by atoms with E-state index in [1.54, 1.807) is 6.20 Å². The summed E-state index contributed by atoms with van der Waals surface area (Å²) in [5.41, 5.74) is 6.36. The molecule has 102 valence electrons. The van der Waals surface area contributed by atoms with Gasteiger partial charge in [-0.3, -0.25) is 5.10 Å². The van der Waals surface area contributed by atoms with Gasteiger partial charge in [-0.05, 0) is 18.8 Å². The molecule has 2 aromatic heterocycles. The molecule has 2 heterocycles. The molecular formula is C12H18N6O. The van der Waals surface area contributed by atoms with E-state index in [1.165, 1.54) is 12.8 Å². The lowest BCUT2D eigenvalue weighted by Gasteiger charge is -2.18. The van der Waals surface area contributed by atoms with Crippen LogP contribution in [0.25, 0.3) is 11.0 Å². The maximum Gasteiger partial charge on any atom is 0.224 e. The first-order chi connectivity index (χ1) is 9.24. The van der Waals surface area contributed by atoms with Crippen molar-refractivity contribution in [3.8, 4) is 0 Å². The first-order valence-electron chi connectivity index (χ1n) is 6.49. The minimum Gasteiger partial charge on any atom is -0.379 e. The zero-order chi connectivity index (χ0) is 13.2. The van der Waals surface area contributed by atoms with E-state index in [0.717, 1.165) is 30.3 Å². The Morgan fingerprint density at radius 2 is 2.32 bits per heavy atom. The number of nitrogens with one attached hydrogen (secondary N) is 1. The second kappa shape index (κ2) is 5.00. The Labute approximate surface area is 111 Å². The highest BCUT2D eigenvalue weighted by Gasteiger charge is 2.21. The largest absolute Gasteiger partial charge is 0.379 e. The van der Waals surface area contributed by atoms with E-state index < -0.39 is 0 Å². The highest BCUT2D eigenvalue weighted by Crippen LogP contribution is 2.28. The van der Waals surface area contributed by atoms with Gasteiger partial charge < -0.3 is 15.4 Å². The van der Waals surface area contributed by atoms with Crippen LogP contribution < -0.4 is 10.6 Å². The Bertz CT molecular complexity index is 564. The van der Waals surface area contributed by atoms with Crippen molar-refractivity contribution in [1.29, 1.82) is 0 Å². The zero-order valence-electron chi connectivity index (χ0n) is 11.0. The third-order valence-corrected chi connectivity index (χ3v) is 3.29. The Balaban J connectivity index is 1.65. The van der Waals surface area contributed by atoms with Crippen molar-refractivity contribution in [3.05, 3.63) is 6.20 Å². The number of fused-ring (bicyclic) bond motifs is 1. The third kappa shape index (κ3) is 2.76. The summed E-state index contributed by atoms with van der Waals surface area (Å²) in [4.78, 5) is 10.4. The smallest absolute Gasteiger partial charge is 0.224 e. The molecule has 7 nitrogen and oxygen atoms in total. The second-order valence-corrected chi connectivity index (χ2v) is 4.98. The molecule has 19 heavy (non-hydrogen) atoms. The first-order valence-corrected chi connectivity index (χ1v) is 6.49. The maximum atomic E-state index is 5.70. The normalized spacial score (nSPS) is 15.0. The number of likely N-dealkylation sites (N-methyl/N-ethyl adjacent to an activating group) is 1. The zero-order valence-corrected chi connectivity index (χ0v) is 11.0. The average Bonchev–Trinajstić information content (AvgIpc) is 3.10. The van der Waals surface area contributed by atoms with E-state index in [-0.39, 0.29) is 5.95 Å². The molecule has 7 heteroatoms. The highest BCUT2D eigenvalue weighted by molar-refractivity contribution is 5.87. The summed E-state index contributed by atoms with van der Waals surface area (Å²) in [6, 6.07) is 0. The summed E-state index contributed by atoms with van der Waals surface area (Å²) < 4.78 is 5.63. The molecule has 3 N–H and O–H groups in total. The summed E-state index contributed by atoms with van der Waals surface area (Å²) in [7, 11) is 1.97. The number of H-pyrrole nitrogens is 1. The van der Waals surface area contributed by atoms with Crippen molar-refractivity contribution in [2.45, 2.75) is 12.8 Å². The molecular weight excluding hydrogens is 244 g/mol. The summed E-state index contributed by atoms with van der Waals surface area (Å²) in [6.45, 7) is 2.33. The Morgan fingerprint density at radius 3 is 3.11 bits per heavy atom. The fourth-order valence-electron chi connectivity index (χ4n) is 1.97. The third-order valence-electron chi connectivity index (χ3n) is 3.29. The summed E-state index contributed by atoms with van der Waals surface area (Å²) >= 11 is 0. The van der Waals surface area contributed by atoms with Gasteiger partial charge in [0, 0.05) is 20.2 Å². The number of aromatic amines is 1. The molecule has 0 saturated heterocycles. The maximum absolute atomic E-state index is 5.70. The molecule has 3 rings (SSSR count). The van der Waals surface area contributed by atoms with Gasteiger partial charge in [0.15, 0.2) is 5.65 Å². The summed E-state index contributed by atoms with van der Waals surface area (Å²) in [5, 5.41) is 7.65. The number of nitrogen functional groups attached to an aromatic ring is 1. The van der Waals surface area contributed by atoms with Gasteiger partial charge in [-0.1, -0.05) is 0 Å². The molecule has 0 spiro atoms. The number of ether oxygens (including phenoxy) is 1. The van der Waals surface area contributed by atoms with Crippen LogP contribution in [0.15, 0.2) is 6.20 Å². The SMILES string of the molecule is CN(CCOCC1CC1)c1nc(N)nc2[nH]ncc12. The van der Waals surface area contributed by atoms with Crippen LogP contribution in [0.5, 0.6) is 0 Å². The van der Waals surface area contributed by atoms with Gasteiger partial charge in [0.25, 0.3) is 0 Å². The molecule has 0 atom stereocenters. The lowest BCUT2D eigenvalue weighted by molar-refractivity contribution is 0.131. The van der Waals surface area contributed by atoms with Gasteiger partial charge in [0.05, 0.1) is 18.2 Å². The van der Waals surface area contributed by atoms with Crippen LogP contribution >= 0.6 is 0 Å². The lowest BCUT2D eigenvalue weighted by Crippen LogP contribution is -2.24. The number of aromatic nitrogens is 4. The van der Waals surface area contributed by atoms with E-state index in [9.17, 15) is 0 Å². The van der Waals surface area contributed by atoms with E-state index in [2.05, 4.69) is 20.2 Å². The van der Waals surface area contributed by atoms with E-state index in [0.29, 0.717) is 12.3 Å². The predicted octanol–water partition coefficient (Wildman–Crippen LogP) is 0.798. The minimum atomic E-state index is 0.248. The van der Waals surface area contributed by atoms with E-state index in [1.807, 2.05) is 11.9 Å². The number of rotatable bonds is 6. The molecule has 1 aliphatic rings. The molecule has 0 aromatic carbocycles. The van der Waals surface area contributed by atoms with Crippen molar-refractivity contribution in [2.75, 3.05) is 37.4 Å². The van der Waals surface area contributed by atoms with Crippen LogP contribution in [-0.2, 0) is 4.74 Å².